The zero-order valence-electron chi connectivity index (χ0n) is 17.9. The molecule has 168 valence electrons. The summed E-state index contributed by atoms with van der Waals surface area (Å²) >= 11 is 0. The van der Waals surface area contributed by atoms with Crippen molar-refractivity contribution in [2.45, 2.75) is 52.0 Å². The molecule has 3 aliphatic rings. The van der Waals surface area contributed by atoms with Crippen molar-refractivity contribution in [2.75, 3.05) is 36.8 Å². The normalized spacial score (nSPS) is 32.0. The molecular formula is C21H32F2N4O2S. The molecule has 9 heteroatoms. The predicted molar refractivity (Wildman–Crippen MR) is 113 cm³/mol. The van der Waals surface area contributed by atoms with Gasteiger partial charge in [-0.1, -0.05) is 13.8 Å². The molecule has 0 radical (unpaired) electrons. The van der Waals surface area contributed by atoms with E-state index in [1.54, 1.807) is 10.4 Å². The number of anilines is 1. The van der Waals surface area contributed by atoms with Gasteiger partial charge in [0.15, 0.2) is 0 Å². The molecule has 1 aromatic rings. The highest BCUT2D eigenvalue weighted by atomic mass is 32.2. The molecule has 0 spiro atoms. The fraction of sp³-hybridized carbons (Fsp3) is 0.762. The second-order valence-corrected chi connectivity index (χ2v) is 11.9. The summed E-state index contributed by atoms with van der Waals surface area (Å²) in [5.41, 5.74) is 5.92. The molecule has 3 fully saturated rings. The van der Waals surface area contributed by atoms with Gasteiger partial charge in [0.25, 0.3) is 5.92 Å². The summed E-state index contributed by atoms with van der Waals surface area (Å²) in [4.78, 5) is 6.10. The van der Waals surface area contributed by atoms with Gasteiger partial charge in [0.1, 0.15) is 5.82 Å². The number of rotatable bonds is 5. The first-order valence-electron chi connectivity index (χ1n) is 10.7. The van der Waals surface area contributed by atoms with Gasteiger partial charge in [0, 0.05) is 56.3 Å². The summed E-state index contributed by atoms with van der Waals surface area (Å²) in [5, 5.41) is 0. The molecule has 1 aromatic heterocycles. The predicted octanol–water partition coefficient (Wildman–Crippen LogP) is 2.80. The smallest absolute Gasteiger partial charge is 0.272 e. The van der Waals surface area contributed by atoms with Crippen molar-refractivity contribution in [1.82, 2.24) is 9.29 Å². The zero-order valence-corrected chi connectivity index (χ0v) is 18.8. The maximum absolute atomic E-state index is 13.4. The van der Waals surface area contributed by atoms with E-state index in [9.17, 15) is 17.2 Å². The van der Waals surface area contributed by atoms with Gasteiger partial charge >= 0.3 is 0 Å². The van der Waals surface area contributed by atoms with E-state index in [1.165, 1.54) is 12.3 Å². The Bertz CT molecular complexity index is 893. The Kier molecular flexibility index (Phi) is 5.18. The van der Waals surface area contributed by atoms with Crippen molar-refractivity contribution in [3.63, 3.8) is 0 Å². The third kappa shape index (κ3) is 3.42. The van der Waals surface area contributed by atoms with Crippen molar-refractivity contribution in [3.8, 4) is 0 Å². The van der Waals surface area contributed by atoms with Crippen LogP contribution in [0.1, 0.15) is 45.6 Å². The Morgan fingerprint density at radius 2 is 1.90 bits per heavy atom. The summed E-state index contributed by atoms with van der Waals surface area (Å²) in [6.07, 6.45) is 4.04. The van der Waals surface area contributed by atoms with Crippen LogP contribution in [0.15, 0.2) is 18.3 Å². The maximum Gasteiger partial charge on any atom is 0.272 e. The Hall–Kier alpha value is -1.32. The van der Waals surface area contributed by atoms with Gasteiger partial charge in [-0.05, 0) is 42.7 Å². The van der Waals surface area contributed by atoms with E-state index in [0.29, 0.717) is 37.9 Å². The van der Waals surface area contributed by atoms with Crippen LogP contribution in [-0.4, -0.2) is 55.7 Å². The van der Waals surface area contributed by atoms with Gasteiger partial charge in [0.05, 0.1) is 5.75 Å². The van der Waals surface area contributed by atoms with Gasteiger partial charge in [-0.15, -0.1) is 0 Å². The molecule has 4 rings (SSSR count). The largest absolute Gasteiger partial charge is 0.354 e. The number of nitrogens with two attached hydrogens (primary N) is 1. The van der Waals surface area contributed by atoms with Crippen LogP contribution < -0.4 is 10.6 Å². The van der Waals surface area contributed by atoms with Crippen molar-refractivity contribution in [2.24, 2.45) is 22.5 Å². The lowest BCUT2D eigenvalue weighted by atomic mass is 9.69. The summed E-state index contributed by atoms with van der Waals surface area (Å²) < 4.78 is 55.0. The lowest BCUT2D eigenvalue weighted by molar-refractivity contribution is 0.0171. The fourth-order valence-electron chi connectivity index (χ4n) is 5.94. The highest BCUT2D eigenvalue weighted by Gasteiger charge is 2.64. The Labute approximate surface area is 177 Å². The molecule has 2 aliphatic carbocycles. The van der Waals surface area contributed by atoms with Crippen LogP contribution >= 0.6 is 0 Å². The average Bonchev–Trinajstić information content (AvgIpc) is 3.01. The first-order chi connectivity index (χ1) is 13.9. The van der Waals surface area contributed by atoms with Crippen LogP contribution in [0.3, 0.4) is 0 Å². The van der Waals surface area contributed by atoms with Gasteiger partial charge < -0.3 is 10.6 Å². The van der Waals surface area contributed by atoms with E-state index in [0.717, 1.165) is 26.2 Å². The molecule has 30 heavy (non-hydrogen) atoms. The monoisotopic (exact) mass is 442 g/mol. The number of aromatic nitrogens is 1. The molecule has 6 nitrogen and oxygen atoms in total. The Morgan fingerprint density at radius 3 is 2.37 bits per heavy atom. The molecule has 1 aliphatic heterocycles. The number of hydrogen-bond acceptors (Lipinski definition) is 5. The minimum absolute atomic E-state index is 0.0612. The minimum Gasteiger partial charge on any atom is -0.354 e. The topological polar surface area (TPSA) is 79.5 Å². The SMILES string of the molecule is CC(F)(F)c1ccc(N2CCN(S(=O)(=O)C[C@]34CC[C@H](CC3N)C4(C)C)CC2)nc1. The van der Waals surface area contributed by atoms with Gasteiger partial charge in [-0.2, -0.15) is 4.31 Å². The summed E-state index contributed by atoms with van der Waals surface area (Å²) in [6.45, 7) is 6.91. The number of sulfonamides is 1. The second-order valence-electron chi connectivity index (χ2n) is 9.89. The Balaban J connectivity index is 1.42. The number of pyridine rings is 1. The molecule has 2 bridgehead atoms. The number of hydrogen-bond donors (Lipinski definition) is 1. The van der Waals surface area contributed by atoms with Gasteiger partial charge in [0.2, 0.25) is 10.0 Å². The van der Waals surface area contributed by atoms with Crippen LogP contribution in [0, 0.1) is 16.7 Å². The van der Waals surface area contributed by atoms with Crippen LogP contribution in [-0.2, 0) is 15.9 Å². The van der Waals surface area contributed by atoms with Crippen LogP contribution in [0.4, 0.5) is 14.6 Å². The first kappa shape index (κ1) is 21.9. The van der Waals surface area contributed by atoms with E-state index in [-0.39, 0.29) is 28.2 Å². The lowest BCUT2D eigenvalue weighted by Crippen LogP contribution is -2.54. The minimum atomic E-state index is -3.44. The van der Waals surface area contributed by atoms with Crippen molar-refractivity contribution < 1.29 is 17.2 Å². The summed E-state index contributed by atoms with van der Waals surface area (Å²) in [7, 11) is -3.44. The van der Waals surface area contributed by atoms with E-state index >= 15 is 0 Å². The molecular weight excluding hydrogens is 410 g/mol. The highest BCUT2D eigenvalue weighted by Crippen LogP contribution is 2.65. The number of fused-ring (bicyclic) bond motifs is 2. The van der Waals surface area contributed by atoms with Crippen LogP contribution in [0.5, 0.6) is 0 Å². The van der Waals surface area contributed by atoms with Crippen molar-refractivity contribution in [1.29, 1.82) is 0 Å². The maximum atomic E-state index is 13.4. The van der Waals surface area contributed by atoms with E-state index < -0.39 is 15.9 Å². The molecule has 2 N–H and O–H groups in total. The molecule has 0 amide bonds. The average molecular weight is 443 g/mol. The van der Waals surface area contributed by atoms with Crippen LogP contribution in [0.25, 0.3) is 0 Å². The first-order valence-corrected chi connectivity index (χ1v) is 12.3. The molecule has 3 atom stereocenters. The number of piperazine rings is 1. The van der Waals surface area contributed by atoms with Gasteiger partial charge in [-0.25, -0.2) is 22.2 Å². The standard InChI is InChI=1S/C21H32F2N4O2S/c1-19(2)15-6-7-21(19,17(24)12-15)14-30(28,29)27-10-8-26(9-11-27)18-5-4-16(13-25-18)20(3,22)23/h4-5,13,15,17H,6-12,14,24H2,1-3H3/t15-,17?,21-/m1/s1. The van der Waals surface area contributed by atoms with E-state index in [4.69, 9.17) is 5.73 Å². The zero-order chi connectivity index (χ0) is 21.9. The summed E-state index contributed by atoms with van der Waals surface area (Å²) in [6, 6.07) is 2.89. The van der Waals surface area contributed by atoms with Crippen molar-refractivity contribution in [3.05, 3.63) is 23.9 Å². The van der Waals surface area contributed by atoms with E-state index in [2.05, 4.69) is 18.8 Å². The number of nitrogens with zero attached hydrogens (tertiary/aromatic N) is 3. The summed E-state index contributed by atoms with van der Waals surface area (Å²) in [5.74, 6) is -1.71. The quantitative estimate of drug-likeness (QED) is 0.759. The van der Waals surface area contributed by atoms with E-state index in [1.807, 2.05) is 4.90 Å². The molecule has 1 unspecified atom stereocenters. The van der Waals surface area contributed by atoms with Gasteiger partial charge in [-0.3, -0.25) is 0 Å². The molecule has 1 saturated heterocycles. The highest BCUT2D eigenvalue weighted by molar-refractivity contribution is 7.89. The van der Waals surface area contributed by atoms with Crippen molar-refractivity contribution >= 4 is 15.8 Å². The molecule has 0 aromatic carbocycles. The van der Waals surface area contributed by atoms with Crippen LogP contribution in [0.2, 0.25) is 0 Å². The molecule has 2 saturated carbocycles. The fourth-order valence-corrected chi connectivity index (χ4v) is 8.22. The number of alkyl halides is 2. The number of halogens is 2. The Morgan fingerprint density at radius 1 is 1.23 bits per heavy atom. The molecule has 2 heterocycles. The lowest BCUT2D eigenvalue weighted by Gasteiger charge is -2.43. The third-order valence-electron chi connectivity index (χ3n) is 8.14. The second kappa shape index (κ2) is 7.10. The third-order valence-corrected chi connectivity index (χ3v) is 10.2.